The highest BCUT2D eigenvalue weighted by molar-refractivity contribution is 6.05. The van der Waals surface area contributed by atoms with E-state index in [2.05, 4.69) is 16.0 Å². The highest BCUT2D eigenvalue weighted by atomic mass is 19.1. The fourth-order valence-electron chi connectivity index (χ4n) is 2.47. The van der Waals surface area contributed by atoms with Crippen molar-refractivity contribution in [1.29, 1.82) is 0 Å². The van der Waals surface area contributed by atoms with Gasteiger partial charge in [0.1, 0.15) is 11.9 Å². The molecule has 1 saturated carbocycles. The summed E-state index contributed by atoms with van der Waals surface area (Å²) in [6.07, 6.45) is 1.59. The molecule has 0 radical (unpaired) electrons. The Labute approximate surface area is 146 Å². The lowest BCUT2D eigenvalue weighted by atomic mass is 10.1. The molecule has 0 heterocycles. The predicted molar refractivity (Wildman–Crippen MR) is 92.5 cm³/mol. The first-order chi connectivity index (χ1) is 11.8. The summed E-state index contributed by atoms with van der Waals surface area (Å²) >= 11 is 0. The van der Waals surface area contributed by atoms with E-state index in [0.29, 0.717) is 12.5 Å². The van der Waals surface area contributed by atoms with E-state index in [1.165, 1.54) is 12.1 Å². The second-order valence-electron chi connectivity index (χ2n) is 6.48. The van der Waals surface area contributed by atoms with Gasteiger partial charge in [-0.25, -0.2) is 4.39 Å². The van der Waals surface area contributed by atoms with E-state index in [0.717, 1.165) is 18.9 Å². The first-order valence-corrected chi connectivity index (χ1v) is 8.52. The number of hydrogen-bond acceptors (Lipinski definition) is 3. The van der Waals surface area contributed by atoms with Crippen molar-refractivity contribution in [3.8, 4) is 0 Å². The maximum atomic E-state index is 13.6. The first kappa shape index (κ1) is 18.9. The lowest BCUT2D eigenvalue weighted by Gasteiger charge is -2.16. The van der Waals surface area contributed by atoms with Gasteiger partial charge in [-0.2, -0.15) is 0 Å². The minimum atomic E-state index is -0.769. The number of anilines is 1. The molecule has 1 aromatic carbocycles. The summed E-state index contributed by atoms with van der Waals surface area (Å²) in [5, 5.41) is 7.89. The number of hydrogen-bond donors (Lipinski definition) is 3. The van der Waals surface area contributed by atoms with Crippen molar-refractivity contribution in [2.45, 2.75) is 39.7 Å². The van der Waals surface area contributed by atoms with E-state index in [1.54, 1.807) is 6.92 Å². The Bertz CT molecular complexity index is 678. The summed E-state index contributed by atoms with van der Waals surface area (Å²) in [4.78, 5) is 36.4. The molecule has 3 N–H and O–H groups in total. The lowest BCUT2D eigenvalue weighted by molar-refractivity contribution is -0.122. The number of benzene rings is 1. The molecule has 1 aromatic rings. The average molecular weight is 349 g/mol. The van der Waals surface area contributed by atoms with Crippen LogP contribution in [0.2, 0.25) is 0 Å². The summed E-state index contributed by atoms with van der Waals surface area (Å²) in [6, 6.07) is 2.82. The van der Waals surface area contributed by atoms with E-state index >= 15 is 0 Å². The van der Waals surface area contributed by atoms with Crippen molar-refractivity contribution >= 4 is 23.4 Å². The standard InChI is InChI=1S/C18H24FN3O3/c1-4-7-20-16(23)11(3)21-18(25)14-9-12(19)5-6-15(14)22-17(24)13-8-10(13)2/h5-6,9-11,13H,4,7-8H2,1-3H3,(H,20,23)(H,21,25)(H,22,24). The third-order valence-corrected chi connectivity index (χ3v) is 4.22. The molecule has 0 aliphatic heterocycles. The van der Waals surface area contributed by atoms with Crippen LogP contribution >= 0.6 is 0 Å². The summed E-state index contributed by atoms with van der Waals surface area (Å²) in [6.45, 7) is 5.96. The second kappa shape index (κ2) is 8.09. The van der Waals surface area contributed by atoms with Crippen LogP contribution in [-0.4, -0.2) is 30.3 Å². The summed E-state index contributed by atoms with van der Waals surface area (Å²) in [7, 11) is 0. The maximum absolute atomic E-state index is 13.6. The van der Waals surface area contributed by atoms with Gasteiger partial charge in [0.15, 0.2) is 0 Å². The Kier molecular flexibility index (Phi) is 6.12. The van der Waals surface area contributed by atoms with Gasteiger partial charge in [0.05, 0.1) is 11.3 Å². The summed E-state index contributed by atoms with van der Waals surface area (Å²) in [5.41, 5.74) is 0.237. The van der Waals surface area contributed by atoms with Crippen LogP contribution in [0.5, 0.6) is 0 Å². The second-order valence-corrected chi connectivity index (χ2v) is 6.48. The van der Waals surface area contributed by atoms with Crippen LogP contribution in [0.25, 0.3) is 0 Å². The van der Waals surface area contributed by atoms with E-state index in [1.807, 2.05) is 13.8 Å². The Morgan fingerprint density at radius 3 is 2.60 bits per heavy atom. The SMILES string of the molecule is CCCNC(=O)C(C)NC(=O)c1cc(F)ccc1NC(=O)C1CC1C. The van der Waals surface area contributed by atoms with Crippen LogP contribution in [0, 0.1) is 17.7 Å². The molecule has 1 aliphatic carbocycles. The molecule has 3 unspecified atom stereocenters. The Balaban J connectivity index is 2.08. The van der Waals surface area contributed by atoms with Crippen molar-refractivity contribution in [2.75, 3.05) is 11.9 Å². The number of carbonyl (C=O) groups excluding carboxylic acids is 3. The zero-order chi connectivity index (χ0) is 18.6. The molecule has 0 bridgehead atoms. The molecule has 1 aliphatic rings. The van der Waals surface area contributed by atoms with Gasteiger partial charge in [0.25, 0.3) is 5.91 Å². The van der Waals surface area contributed by atoms with Crippen molar-refractivity contribution < 1.29 is 18.8 Å². The highest BCUT2D eigenvalue weighted by Crippen LogP contribution is 2.38. The van der Waals surface area contributed by atoms with Crippen molar-refractivity contribution in [3.63, 3.8) is 0 Å². The smallest absolute Gasteiger partial charge is 0.254 e. The van der Waals surface area contributed by atoms with Crippen molar-refractivity contribution in [1.82, 2.24) is 10.6 Å². The van der Waals surface area contributed by atoms with Gasteiger partial charge in [-0.3, -0.25) is 14.4 Å². The molecule has 3 atom stereocenters. The Hall–Kier alpha value is -2.44. The number of rotatable bonds is 7. The first-order valence-electron chi connectivity index (χ1n) is 8.52. The number of nitrogens with one attached hydrogen (secondary N) is 3. The topological polar surface area (TPSA) is 87.3 Å². The molecule has 2 rings (SSSR count). The van der Waals surface area contributed by atoms with E-state index in [-0.39, 0.29) is 29.0 Å². The Morgan fingerprint density at radius 2 is 2.00 bits per heavy atom. The van der Waals surface area contributed by atoms with E-state index in [4.69, 9.17) is 0 Å². The van der Waals surface area contributed by atoms with E-state index < -0.39 is 17.8 Å². The highest BCUT2D eigenvalue weighted by Gasteiger charge is 2.39. The molecule has 1 fully saturated rings. The molecule has 25 heavy (non-hydrogen) atoms. The fraction of sp³-hybridized carbons (Fsp3) is 0.500. The fourth-order valence-corrected chi connectivity index (χ4v) is 2.47. The molecule has 7 heteroatoms. The van der Waals surface area contributed by atoms with Gasteiger partial charge in [-0.15, -0.1) is 0 Å². The van der Waals surface area contributed by atoms with Crippen LogP contribution in [0.4, 0.5) is 10.1 Å². The summed E-state index contributed by atoms with van der Waals surface area (Å²) < 4.78 is 13.6. The largest absolute Gasteiger partial charge is 0.354 e. The van der Waals surface area contributed by atoms with Crippen LogP contribution in [0.3, 0.4) is 0 Å². The maximum Gasteiger partial charge on any atom is 0.254 e. The van der Waals surface area contributed by atoms with Crippen molar-refractivity contribution in [3.05, 3.63) is 29.6 Å². The predicted octanol–water partition coefficient (Wildman–Crippen LogP) is 2.06. The minimum absolute atomic E-state index is 0.00297. The third-order valence-electron chi connectivity index (χ3n) is 4.22. The van der Waals surface area contributed by atoms with Gasteiger partial charge >= 0.3 is 0 Å². The van der Waals surface area contributed by atoms with Crippen LogP contribution in [-0.2, 0) is 9.59 Å². The quantitative estimate of drug-likeness (QED) is 0.704. The number of amides is 3. The van der Waals surface area contributed by atoms with Gasteiger partial charge in [-0.05, 0) is 43.9 Å². The van der Waals surface area contributed by atoms with Gasteiger partial charge in [-0.1, -0.05) is 13.8 Å². The number of halogens is 1. The van der Waals surface area contributed by atoms with Gasteiger partial charge in [0.2, 0.25) is 11.8 Å². The molecule has 0 aromatic heterocycles. The molecule has 3 amide bonds. The van der Waals surface area contributed by atoms with E-state index in [9.17, 15) is 18.8 Å². The zero-order valence-corrected chi connectivity index (χ0v) is 14.7. The minimum Gasteiger partial charge on any atom is -0.354 e. The Morgan fingerprint density at radius 1 is 1.32 bits per heavy atom. The molecule has 6 nitrogen and oxygen atoms in total. The molecular formula is C18H24FN3O3. The molecular weight excluding hydrogens is 325 g/mol. The molecule has 0 saturated heterocycles. The third kappa shape index (κ3) is 5.01. The average Bonchev–Trinajstić information content (AvgIpc) is 3.30. The summed E-state index contributed by atoms with van der Waals surface area (Å²) in [5.74, 6) is -1.45. The van der Waals surface area contributed by atoms with Crippen molar-refractivity contribution in [2.24, 2.45) is 11.8 Å². The normalized spacial score (nSPS) is 19.7. The number of carbonyl (C=O) groups is 3. The zero-order valence-electron chi connectivity index (χ0n) is 14.7. The van der Waals surface area contributed by atoms with Gasteiger partial charge in [0, 0.05) is 12.5 Å². The monoisotopic (exact) mass is 349 g/mol. The van der Waals surface area contributed by atoms with Crippen LogP contribution in [0.1, 0.15) is 44.0 Å². The lowest BCUT2D eigenvalue weighted by Crippen LogP contribution is -2.45. The van der Waals surface area contributed by atoms with Crippen LogP contribution in [0.15, 0.2) is 18.2 Å². The van der Waals surface area contributed by atoms with Crippen LogP contribution < -0.4 is 16.0 Å². The molecule has 0 spiro atoms. The molecule has 136 valence electrons. The van der Waals surface area contributed by atoms with Gasteiger partial charge < -0.3 is 16.0 Å².